The summed E-state index contributed by atoms with van der Waals surface area (Å²) < 4.78 is 22.4. The van der Waals surface area contributed by atoms with Gasteiger partial charge in [-0.25, -0.2) is 13.6 Å². The number of carbonyl (C=O) groups is 1. The predicted molar refractivity (Wildman–Crippen MR) is 89.2 cm³/mol. The Morgan fingerprint density at radius 1 is 1.41 bits per heavy atom. The van der Waals surface area contributed by atoms with E-state index in [1.807, 2.05) is 31.2 Å². The number of nitrogens with zero attached hydrogens (tertiary/aromatic N) is 1. The van der Waals surface area contributed by atoms with E-state index in [9.17, 15) is 13.2 Å². The molecule has 2 rings (SSSR count). The van der Waals surface area contributed by atoms with Gasteiger partial charge >= 0.3 is 0 Å². The Labute approximate surface area is 136 Å². The molecule has 0 aliphatic carbocycles. The van der Waals surface area contributed by atoms with Crippen LogP contribution in [0.3, 0.4) is 0 Å². The summed E-state index contributed by atoms with van der Waals surface area (Å²) in [6.45, 7) is 3.22. The average molecular weight is 342 g/mol. The van der Waals surface area contributed by atoms with Crippen molar-refractivity contribution in [3.8, 4) is 0 Å². The molecule has 1 aromatic carbocycles. The van der Waals surface area contributed by atoms with Gasteiger partial charge in [0.15, 0.2) is 0 Å². The summed E-state index contributed by atoms with van der Waals surface area (Å²) in [6, 6.07) is 7.97. The van der Waals surface area contributed by atoms with Crippen LogP contribution in [0.5, 0.6) is 0 Å². The summed E-state index contributed by atoms with van der Waals surface area (Å²) in [6.07, 6.45) is 1.64. The Balaban J connectivity index is 1.88. The summed E-state index contributed by atoms with van der Waals surface area (Å²) >= 11 is 1.53. The monoisotopic (exact) mass is 342 g/mol. The Bertz CT molecular complexity index is 631. The summed E-state index contributed by atoms with van der Waals surface area (Å²) in [5.74, 6) is 0.359. The minimum Gasteiger partial charge on any atom is -0.342 e. The average Bonchev–Trinajstić information content (AvgIpc) is 2.44. The number of benzene rings is 1. The number of hydrogen-bond acceptors (Lipinski definition) is 4. The van der Waals surface area contributed by atoms with Crippen molar-refractivity contribution in [2.24, 2.45) is 11.1 Å². The van der Waals surface area contributed by atoms with Crippen molar-refractivity contribution in [3.05, 3.63) is 29.8 Å². The van der Waals surface area contributed by atoms with E-state index < -0.39 is 10.0 Å². The van der Waals surface area contributed by atoms with Crippen molar-refractivity contribution in [1.29, 1.82) is 0 Å². The van der Waals surface area contributed by atoms with Gasteiger partial charge in [0, 0.05) is 18.0 Å². The SMILES string of the molecule is Cc1ccccc1SCC(=O)N1CCCC(CS(N)(=O)=O)C1. The molecule has 0 aromatic heterocycles. The van der Waals surface area contributed by atoms with Crippen molar-refractivity contribution in [3.63, 3.8) is 0 Å². The molecule has 0 radical (unpaired) electrons. The number of amides is 1. The number of sulfonamides is 1. The summed E-state index contributed by atoms with van der Waals surface area (Å²) in [7, 11) is -3.48. The summed E-state index contributed by atoms with van der Waals surface area (Å²) in [5.41, 5.74) is 1.16. The fourth-order valence-corrected chi connectivity index (χ4v) is 4.57. The molecule has 0 bridgehead atoms. The highest BCUT2D eigenvalue weighted by molar-refractivity contribution is 8.00. The van der Waals surface area contributed by atoms with Crippen molar-refractivity contribution in [1.82, 2.24) is 4.90 Å². The van der Waals surface area contributed by atoms with Crippen LogP contribution in [0.25, 0.3) is 0 Å². The highest BCUT2D eigenvalue weighted by atomic mass is 32.2. The second-order valence-corrected chi connectivity index (χ2v) is 8.41. The maximum absolute atomic E-state index is 12.3. The minimum atomic E-state index is -3.48. The highest BCUT2D eigenvalue weighted by Gasteiger charge is 2.26. The number of likely N-dealkylation sites (tertiary alicyclic amines) is 1. The topological polar surface area (TPSA) is 80.5 Å². The molecule has 122 valence electrons. The molecule has 1 unspecified atom stereocenters. The van der Waals surface area contributed by atoms with Crippen LogP contribution in [0.15, 0.2) is 29.2 Å². The number of thioether (sulfide) groups is 1. The normalized spacial score (nSPS) is 19.2. The number of nitrogens with two attached hydrogens (primary N) is 1. The van der Waals surface area contributed by atoms with E-state index in [4.69, 9.17) is 5.14 Å². The van der Waals surface area contributed by atoms with Crippen molar-refractivity contribution >= 4 is 27.7 Å². The number of carbonyl (C=O) groups excluding carboxylic acids is 1. The lowest BCUT2D eigenvalue weighted by Crippen LogP contribution is -2.43. The van der Waals surface area contributed by atoms with Gasteiger partial charge in [-0.2, -0.15) is 0 Å². The molecule has 0 saturated carbocycles. The van der Waals surface area contributed by atoms with Gasteiger partial charge in [0.1, 0.15) is 0 Å². The standard InChI is InChI=1S/C15H22N2O3S2/c1-12-5-2-3-7-14(12)21-10-15(18)17-8-4-6-13(9-17)11-22(16,19)20/h2-3,5,7,13H,4,6,8-11H2,1H3,(H2,16,19,20). The predicted octanol–water partition coefficient (Wildman–Crippen LogP) is 1.61. The molecule has 1 heterocycles. The van der Waals surface area contributed by atoms with Crippen LogP contribution in [-0.4, -0.2) is 43.8 Å². The first-order chi connectivity index (χ1) is 10.3. The molecule has 1 aliphatic heterocycles. The van der Waals surface area contributed by atoms with Gasteiger partial charge in [0.05, 0.1) is 11.5 Å². The third-order valence-corrected chi connectivity index (χ3v) is 5.88. The van der Waals surface area contributed by atoms with Crippen LogP contribution in [0.1, 0.15) is 18.4 Å². The summed E-state index contributed by atoms with van der Waals surface area (Å²) in [4.78, 5) is 15.2. The van der Waals surface area contributed by atoms with Crippen LogP contribution in [-0.2, 0) is 14.8 Å². The van der Waals surface area contributed by atoms with Gasteiger partial charge in [-0.15, -0.1) is 11.8 Å². The smallest absolute Gasteiger partial charge is 0.232 e. The number of rotatable bonds is 5. The van der Waals surface area contributed by atoms with E-state index in [2.05, 4.69) is 0 Å². The third-order valence-electron chi connectivity index (χ3n) is 3.78. The fraction of sp³-hybridized carbons (Fsp3) is 0.533. The molecule has 1 amide bonds. The first kappa shape index (κ1) is 17.3. The van der Waals surface area contributed by atoms with E-state index in [0.717, 1.165) is 23.3 Å². The van der Waals surface area contributed by atoms with E-state index in [0.29, 0.717) is 18.8 Å². The van der Waals surface area contributed by atoms with E-state index >= 15 is 0 Å². The molecule has 1 fully saturated rings. The zero-order valence-electron chi connectivity index (χ0n) is 12.7. The largest absolute Gasteiger partial charge is 0.342 e. The Morgan fingerprint density at radius 3 is 2.82 bits per heavy atom. The lowest BCUT2D eigenvalue weighted by atomic mass is 10.0. The van der Waals surface area contributed by atoms with Crippen LogP contribution in [0, 0.1) is 12.8 Å². The molecular formula is C15H22N2O3S2. The zero-order valence-corrected chi connectivity index (χ0v) is 14.3. The van der Waals surface area contributed by atoms with Gasteiger partial charge in [0.2, 0.25) is 15.9 Å². The van der Waals surface area contributed by atoms with Crippen LogP contribution < -0.4 is 5.14 Å². The molecule has 22 heavy (non-hydrogen) atoms. The Morgan fingerprint density at radius 2 is 2.14 bits per heavy atom. The Kier molecular flexibility index (Phi) is 5.88. The number of primary sulfonamides is 1. The number of piperidine rings is 1. The number of hydrogen-bond donors (Lipinski definition) is 1. The molecule has 0 spiro atoms. The Hall–Kier alpha value is -1.05. The highest BCUT2D eigenvalue weighted by Crippen LogP contribution is 2.24. The third kappa shape index (κ3) is 5.30. The van der Waals surface area contributed by atoms with Gasteiger partial charge in [-0.1, -0.05) is 18.2 Å². The molecule has 1 saturated heterocycles. The maximum atomic E-state index is 12.3. The van der Waals surface area contributed by atoms with Crippen LogP contribution >= 0.6 is 11.8 Å². The summed E-state index contributed by atoms with van der Waals surface area (Å²) in [5, 5.41) is 5.10. The molecular weight excluding hydrogens is 320 g/mol. The van der Waals surface area contributed by atoms with E-state index in [1.54, 1.807) is 4.90 Å². The minimum absolute atomic E-state index is 0.0400. The molecule has 2 N–H and O–H groups in total. The van der Waals surface area contributed by atoms with Gasteiger partial charge in [-0.3, -0.25) is 4.79 Å². The van der Waals surface area contributed by atoms with Gasteiger partial charge in [0.25, 0.3) is 0 Å². The van der Waals surface area contributed by atoms with Crippen molar-refractivity contribution in [2.75, 3.05) is 24.6 Å². The van der Waals surface area contributed by atoms with Crippen LogP contribution in [0.4, 0.5) is 0 Å². The number of aryl methyl sites for hydroxylation is 1. The zero-order chi connectivity index (χ0) is 16.2. The lowest BCUT2D eigenvalue weighted by Gasteiger charge is -2.32. The van der Waals surface area contributed by atoms with Crippen LogP contribution in [0.2, 0.25) is 0 Å². The van der Waals surface area contributed by atoms with E-state index in [1.165, 1.54) is 11.8 Å². The molecule has 7 heteroatoms. The fourth-order valence-electron chi connectivity index (χ4n) is 2.71. The van der Waals surface area contributed by atoms with Gasteiger partial charge in [-0.05, 0) is 37.3 Å². The second-order valence-electron chi connectivity index (χ2n) is 5.73. The lowest BCUT2D eigenvalue weighted by molar-refractivity contribution is -0.129. The van der Waals surface area contributed by atoms with Crippen molar-refractivity contribution in [2.45, 2.75) is 24.7 Å². The van der Waals surface area contributed by atoms with E-state index in [-0.39, 0.29) is 17.6 Å². The first-order valence-electron chi connectivity index (χ1n) is 7.32. The molecule has 1 aliphatic rings. The maximum Gasteiger partial charge on any atom is 0.232 e. The molecule has 1 atom stereocenters. The van der Waals surface area contributed by atoms with Gasteiger partial charge < -0.3 is 4.90 Å². The second kappa shape index (κ2) is 7.48. The first-order valence-corrected chi connectivity index (χ1v) is 10.0. The van der Waals surface area contributed by atoms with Crippen molar-refractivity contribution < 1.29 is 13.2 Å². The quantitative estimate of drug-likeness (QED) is 0.825. The molecule has 1 aromatic rings. The molecule has 5 nitrogen and oxygen atoms in total.